The van der Waals surface area contributed by atoms with Crippen molar-refractivity contribution in [1.29, 1.82) is 0 Å². The van der Waals surface area contributed by atoms with Crippen molar-refractivity contribution >= 4 is 11.3 Å². The molecule has 0 aliphatic rings. The van der Waals surface area contributed by atoms with Crippen molar-refractivity contribution in [3.8, 4) is 0 Å². The Kier molecular flexibility index (Phi) is 3.33. The Morgan fingerprint density at radius 1 is 1.31 bits per heavy atom. The minimum atomic E-state index is 0.0277. The van der Waals surface area contributed by atoms with Gasteiger partial charge >= 0.3 is 0 Å². The van der Waals surface area contributed by atoms with Gasteiger partial charge in [-0.1, -0.05) is 0 Å². The van der Waals surface area contributed by atoms with Crippen LogP contribution in [0.5, 0.6) is 0 Å². The Balaban J connectivity index is 2.45. The van der Waals surface area contributed by atoms with Gasteiger partial charge < -0.3 is 0 Å². The Hall–Kier alpha value is -1.23. The molecule has 84 valence electrons. The second-order valence-corrected chi connectivity index (χ2v) is 4.88. The number of hydrazine groups is 1. The average molecular weight is 233 g/mol. The molecule has 2 aromatic heterocycles. The van der Waals surface area contributed by atoms with E-state index >= 15 is 0 Å². The van der Waals surface area contributed by atoms with Crippen molar-refractivity contribution < 1.29 is 0 Å². The molecule has 0 saturated carbocycles. The molecule has 0 spiro atoms. The first-order valence-corrected chi connectivity index (χ1v) is 6.02. The van der Waals surface area contributed by atoms with E-state index in [4.69, 9.17) is 5.84 Å². The maximum absolute atomic E-state index is 5.66. The van der Waals surface area contributed by atoms with Gasteiger partial charge in [0.05, 0.1) is 6.04 Å². The van der Waals surface area contributed by atoms with E-state index in [0.29, 0.717) is 0 Å². The highest BCUT2D eigenvalue weighted by molar-refractivity contribution is 7.10. The molecule has 0 fully saturated rings. The lowest BCUT2D eigenvalue weighted by atomic mass is 9.98. The topological polar surface area (TPSA) is 50.9 Å². The molecule has 0 aliphatic heterocycles. The normalized spacial score (nSPS) is 12.7. The molecule has 0 aliphatic carbocycles. The van der Waals surface area contributed by atoms with Gasteiger partial charge in [-0.05, 0) is 48.1 Å². The summed E-state index contributed by atoms with van der Waals surface area (Å²) in [4.78, 5) is 5.45. The lowest BCUT2D eigenvalue weighted by molar-refractivity contribution is 0.630. The van der Waals surface area contributed by atoms with Crippen LogP contribution < -0.4 is 11.3 Å². The molecular formula is C12H15N3S. The number of pyridine rings is 1. The van der Waals surface area contributed by atoms with Crippen LogP contribution >= 0.6 is 11.3 Å². The van der Waals surface area contributed by atoms with Gasteiger partial charge in [-0.25, -0.2) is 5.43 Å². The van der Waals surface area contributed by atoms with Crippen molar-refractivity contribution in [2.75, 3.05) is 0 Å². The zero-order valence-corrected chi connectivity index (χ0v) is 10.2. The second-order valence-electron chi connectivity index (χ2n) is 3.76. The number of nitrogens with two attached hydrogens (primary N) is 1. The zero-order chi connectivity index (χ0) is 11.5. The van der Waals surface area contributed by atoms with Crippen LogP contribution in [0.1, 0.15) is 27.6 Å². The van der Waals surface area contributed by atoms with Crippen LogP contribution in [0.3, 0.4) is 0 Å². The zero-order valence-electron chi connectivity index (χ0n) is 9.40. The number of rotatable bonds is 3. The molecule has 16 heavy (non-hydrogen) atoms. The molecule has 0 amide bonds. The predicted octanol–water partition coefficient (Wildman–Crippen LogP) is 2.31. The van der Waals surface area contributed by atoms with Crippen LogP contribution in [0.15, 0.2) is 29.9 Å². The molecule has 1 atom stereocenters. The van der Waals surface area contributed by atoms with E-state index in [2.05, 4.69) is 35.7 Å². The number of aryl methyl sites for hydroxylation is 2. The Bertz CT molecular complexity index is 479. The number of thiophene rings is 1. The molecule has 2 heterocycles. The van der Waals surface area contributed by atoms with Gasteiger partial charge in [0, 0.05) is 17.3 Å². The van der Waals surface area contributed by atoms with Gasteiger partial charge in [0.25, 0.3) is 0 Å². The lowest BCUT2D eigenvalue weighted by Gasteiger charge is -2.18. The van der Waals surface area contributed by atoms with Crippen LogP contribution in [-0.4, -0.2) is 4.98 Å². The molecule has 3 N–H and O–H groups in total. The largest absolute Gasteiger partial charge is 0.271 e. The third-order valence-corrected chi connectivity index (χ3v) is 3.63. The summed E-state index contributed by atoms with van der Waals surface area (Å²) in [5.74, 6) is 5.66. The number of nitrogens with one attached hydrogen (secondary N) is 1. The number of nitrogens with zero attached hydrogens (tertiary/aromatic N) is 1. The van der Waals surface area contributed by atoms with E-state index in [1.807, 2.05) is 12.3 Å². The number of aromatic nitrogens is 1. The monoisotopic (exact) mass is 233 g/mol. The Morgan fingerprint density at radius 2 is 2.12 bits per heavy atom. The lowest BCUT2D eigenvalue weighted by Crippen LogP contribution is -2.29. The summed E-state index contributed by atoms with van der Waals surface area (Å²) >= 11 is 1.73. The highest BCUT2D eigenvalue weighted by atomic mass is 32.1. The van der Waals surface area contributed by atoms with Gasteiger partial charge in [0.1, 0.15) is 0 Å². The van der Waals surface area contributed by atoms with E-state index in [-0.39, 0.29) is 6.04 Å². The van der Waals surface area contributed by atoms with E-state index in [9.17, 15) is 0 Å². The molecule has 0 saturated heterocycles. The summed E-state index contributed by atoms with van der Waals surface area (Å²) in [5, 5.41) is 2.08. The van der Waals surface area contributed by atoms with Crippen molar-refractivity contribution in [3.05, 3.63) is 51.5 Å². The van der Waals surface area contributed by atoms with Gasteiger partial charge in [-0.3, -0.25) is 10.8 Å². The summed E-state index contributed by atoms with van der Waals surface area (Å²) in [6, 6.07) is 4.14. The SMILES string of the molecule is Cc1ccncc1C(NN)c1ccsc1C. The van der Waals surface area contributed by atoms with Crippen molar-refractivity contribution in [1.82, 2.24) is 10.4 Å². The molecule has 0 radical (unpaired) electrons. The maximum atomic E-state index is 5.66. The van der Waals surface area contributed by atoms with Gasteiger partial charge in [0.15, 0.2) is 0 Å². The highest BCUT2D eigenvalue weighted by Gasteiger charge is 2.17. The van der Waals surface area contributed by atoms with Crippen LogP contribution in [0.25, 0.3) is 0 Å². The molecule has 3 nitrogen and oxygen atoms in total. The quantitative estimate of drug-likeness (QED) is 0.632. The molecule has 0 aromatic carbocycles. The minimum absolute atomic E-state index is 0.0277. The van der Waals surface area contributed by atoms with Crippen molar-refractivity contribution in [2.24, 2.45) is 5.84 Å². The van der Waals surface area contributed by atoms with Gasteiger partial charge in [-0.15, -0.1) is 11.3 Å². The number of hydrogen-bond acceptors (Lipinski definition) is 4. The van der Waals surface area contributed by atoms with Crippen LogP contribution in [0.2, 0.25) is 0 Å². The van der Waals surface area contributed by atoms with Gasteiger partial charge in [0.2, 0.25) is 0 Å². The second kappa shape index (κ2) is 4.74. The summed E-state index contributed by atoms with van der Waals surface area (Å²) in [5.41, 5.74) is 6.42. The Morgan fingerprint density at radius 3 is 2.69 bits per heavy atom. The fourth-order valence-electron chi connectivity index (χ4n) is 1.82. The van der Waals surface area contributed by atoms with Crippen LogP contribution in [0.4, 0.5) is 0 Å². The fraction of sp³-hybridized carbons (Fsp3) is 0.250. The molecule has 2 rings (SSSR count). The molecule has 4 heteroatoms. The summed E-state index contributed by atoms with van der Waals surface area (Å²) < 4.78 is 0. The van der Waals surface area contributed by atoms with E-state index in [0.717, 1.165) is 5.56 Å². The molecular weight excluding hydrogens is 218 g/mol. The van der Waals surface area contributed by atoms with E-state index in [1.54, 1.807) is 17.5 Å². The Labute approximate surface area is 99.3 Å². The molecule has 0 bridgehead atoms. The molecule has 1 unspecified atom stereocenters. The first kappa shape index (κ1) is 11.3. The van der Waals surface area contributed by atoms with Crippen LogP contribution in [-0.2, 0) is 0 Å². The third-order valence-electron chi connectivity index (χ3n) is 2.77. The standard InChI is InChI=1S/C12H15N3S/c1-8-3-5-14-7-11(8)12(15-13)10-4-6-16-9(10)2/h3-7,12,15H,13H2,1-2H3. The average Bonchev–Trinajstić information content (AvgIpc) is 2.69. The highest BCUT2D eigenvalue weighted by Crippen LogP contribution is 2.28. The van der Waals surface area contributed by atoms with Crippen LogP contribution in [0, 0.1) is 13.8 Å². The first-order valence-electron chi connectivity index (χ1n) is 5.14. The van der Waals surface area contributed by atoms with E-state index in [1.165, 1.54) is 16.0 Å². The van der Waals surface area contributed by atoms with E-state index < -0.39 is 0 Å². The third kappa shape index (κ3) is 2.00. The van der Waals surface area contributed by atoms with Crippen molar-refractivity contribution in [3.63, 3.8) is 0 Å². The molecule has 2 aromatic rings. The predicted molar refractivity (Wildman–Crippen MR) is 67.2 cm³/mol. The smallest absolute Gasteiger partial charge is 0.0738 e. The van der Waals surface area contributed by atoms with Crippen molar-refractivity contribution in [2.45, 2.75) is 19.9 Å². The summed E-state index contributed by atoms with van der Waals surface area (Å²) in [6.45, 7) is 4.18. The summed E-state index contributed by atoms with van der Waals surface area (Å²) in [6.07, 6.45) is 3.67. The maximum Gasteiger partial charge on any atom is 0.0738 e. The number of hydrogen-bond donors (Lipinski definition) is 2. The first-order chi connectivity index (χ1) is 7.74. The van der Waals surface area contributed by atoms with Gasteiger partial charge in [-0.2, -0.15) is 0 Å². The minimum Gasteiger partial charge on any atom is -0.271 e. The summed E-state index contributed by atoms with van der Waals surface area (Å²) in [7, 11) is 0. The fourth-order valence-corrected chi connectivity index (χ4v) is 2.56.